The van der Waals surface area contributed by atoms with Crippen LogP contribution in [0.1, 0.15) is 11.4 Å². The molecule has 5 nitrogen and oxygen atoms in total. The summed E-state index contributed by atoms with van der Waals surface area (Å²) in [6.45, 7) is 4.02. The summed E-state index contributed by atoms with van der Waals surface area (Å²) in [5.74, 6) is -0.397. The monoisotopic (exact) mass is 461 g/mol. The molecule has 0 saturated carbocycles. The molecule has 3 aromatic rings. The molecule has 0 aliphatic carbocycles. The van der Waals surface area contributed by atoms with Crippen LogP contribution in [0.2, 0.25) is 0 Å². The average Bonchev–Trinajstić information content (AvgIpc) is 3.35. The molecule has 0 spiro atoms. The summed E-state index contributed by atoms with van der Waals surface area (Å²) in [6.07, 6.45) is -2.02. The molecule has 2 aliphatic rings. The van der Waals surface area contributed by atoms with Crippen LogP contribution in [0, 0.1) is 17.7 Å². The van der Waals surface area contributed by atoms with Crippen LogP contribution in [0.4, 0.5) is 17.6 Å². The van der Waals surface area contributed by atoms with Crippen LogP contribution < -0.4 is 0 Å². The number of hydrogen-bond donors (Lipinski definition) is 1. The number of benzene rings is 2. The van der Waals surface area contributed by atoms with Crippen LogP contribution in [0.3, 0.4) is 0 Å². The van der Waals surface area contributed by atoms with Crippen molar-refractivity contribution in [1.82, 2.24) is 14.5 Å². The van der Waals surface area contributed by atoms with Crippen molar-refractivity contribution < 1.29 is 27.5 Å². The number of carboxylic acids is 1. The van der Waals surface area contributed by atoms with E-state index >= 15 is 0 Å². The Bertz CT molecular complexity index is 1110. The summed E-state index contributed by atoms with van der Waals surface area (Å²) in [5.41, 5.74) is 3.52. The molecule has 174 valence electrons. The third-order valence-corrected chi connectivity index (χ3v) is 6.06. The number of aromatic nitrogens is 2. The van der Waals surface area contributed by atoms with Gasteiger partial charge in [0.15, 0.2) is 0 Å². The molecule has 1 saturated heterocycles. The number of imidazole rings is 1. The van der Waals surface area contributed by atoms with E-state index in [4.69, 9.17) is 14.9 Å². The lowest BCUT2D eigenvalue weighted by Crippen LogP contribution is -2.28. The topological polar surface area (TPSA) is 58.4 Å². The van der Waals surface area contributed by atoms with Crippen LogP contribution in [0.15, 0.2) is 60.8 Å². The molecule has 1 aromatic heterocycles. The summed E-state index contributed by atoms with van der Waals surface area (Å²) >= 11 is 0. The fraction of sp³-hybridized carbons (Fsp3) is 0.333. The van der Waals surface area contributed by atoms with Gasteiger partial charge in [-0.05, 0) is 35.1 Å². The fourth-order valence-electron chi connectivity index (χ4n) is 4.59. The molecule has 2 aromatic carbocycles. The first-order valence-corrected chi connectivity index (χ1v) is 10.6. The van der Waals surface area contributed by atoms with Crippen LogP contribution >= 0.6 is 0 Å². The third-order valence-electron chi connectivity index (χ3n) is 6.06. The first-order valence-electron chi connectivity index (χ1n) is 10.6. The van der Waals surface area contributed by atoms with Crippen LogP contribution in [-0.2, 0) is 24.3 Å². The molecular formula is C24H23F4N3O2. The number of hydrogen-bond acceptors (Lipinski definition) is 3. The lowest BCUT2D eigenvalue weighted by Gasteiger charge is -2.27. The van der Waals surface area contributed by atoms with Gasteiger partial charge in [0.2, 0.25) is 0 Å². The smallest absolute Gasteiger partial charge is 0.475 e. The molecule has 9 heteroatoms. The minimum absolute atomic E-state index is 0.147. The highest BCUT2D eigenvalue weighted by atomic mass is 19.4. The van der Waals surface area contributed by atoms with E-state index in [0.717, 1.165) is 38.2 Å². The Morgan fingerprint density at radius 1 is 1.03 bits per heavy atom. The SMILES string of the molecule is Fc1cccc(CN2CC3Cc4ncc(-c5ccccc5)n4CC3C2)c1.O=C(O)C(F)(F)F. The quantitative estimate of drug-likeness (QED) is 0.578. The van der Waals surface area contributed by atoms with E-state index in [1.165, 1.54) is 23.1 Å². The van der Waals surface area contributed by atoms with Gasteiger partial charge in [-0.1, -0.05) is 42.5 Å². The number of carboxylic acid groups (broad SMARTS) is 1. The number of fused-ring (bicyclic) bond motifs is 2. The first kappa shape index (κ1) is 23.0. The van der Waals surface area contributed by atoms with Crippen LogP contribution in [0.5, 0.6) is 0 Å². The second-order valence-electron chi connectivity index (χ2n) is 8.39. The van der Waals surface area contributed by atoms with Gasteiger partial charge < -0.3 is 9.67 Å². The van der Waals surface area contributed by atoms with Gasteiger partial charge in [0.25, 0.3) is 0 Å². The van der Waals surface area contributed by atoms with Crippen molar-refractivity contribution in [2.45, 2.75) is 25.7 Å². The molecule has 0 bridgehead atoms. The van der Waals surface area contributed by atoms with Crippen molar-refractivity contribution in [3.05, 3.63) is 78.0 Å². The Hall–Kier alpha value is -3.20. The van der Waals surface area contributed by atoms with Crippen molar-refractivity contribution in [3.63, 3.8) is 0 Å². The van der Waals surface area contributed by atoms with Gasteiger partial charge in [0.1, 0.15) is 11.6 Å². The van der Waals surface area contributed by atoms with Gasteiger partial charge in [-0.2, -0.15) is 13.2 Å². The summed E-state index contributed by atoms with van der Waals surface area (Å²) in [6, 6.07) is 17.5. The largest absolute Gasteiger partial charge is 0.490 e. The van der Waals surface area contributed by atoms with Gasteiger partial charge in [-0.15, -0.1) is 0 Å². The van der Waals surface area contributed by atoms with Crippen LogP contribution in [-0.4, -0.2) is 44.8 Å². The van der Waals surface area contributed by atoms with Gasteiger partial charge in [0, 0.05) is 32.6 Å². The van der Waals surface area contributed by atoms with Gasteiger partial charge in [-0.3, -0.25) is 4.90 Å². The van der Waals surface area contributed by atoms with Crippen molar-refractivity contribution in [3.8, 4) is 11.3 Å². The first-order chi connectivity index (χ1) is 15.7. The molecule has 5 rings (SSSR count). The molecule has 2 atom stereocenters. The number of likely N-dealkylation sites (tertiary alicyclic amines) is 1. The fourth-order valence-corrected chi connectivity index (χ4v) is 4.59. The number of rotatable bonds is 3. The summed E-state index contributed by atoms with van der Waals surface area (Å²) < 4.78 is 47.6. The normalized spacial score (nSPS) is 19.9. The second-order valence-corrected chi connectivity index (χ2v) is 8.39. The minimum atomic E-state index is -5.08. The Kier molecular flexibility index (Phi) is 6.51. The molecule has 0 radical (unpaired) electrons. The lowest BCUT2D eigenvalue weighted by atomic mass is 9.89. The summed E-state index contributed by atoms with van der Waals surface area (Å²) in [5, 5.41) is 7.12. The number of halogens is 4. The maximum absolute atomic E-state index is 13.4. The number of carbonyl (C=O) groups is 1. The summed E-state index contributed by atoms with van der Waals surface area (Å²) in [4.78, 5) is 16.1. The van der Waals surface area contributed by atoms with E-state index in [2.05, 4.69) is 33.7 Å². The second kappa shape index (κ2) is 9.35. The highest BCUT2D eigenvalue weighted by molar-refractivity contribution is 5.73. The van der Waals surface area contributed by atoms with Crippen molar-refractivity contribution in [1.29, 1.82) is 0 Å². The molecule has 1 fully saturated rings. The maximum Gasteiger partial charge on any atom is 0.490 e. The highest BCUT2D eigenvalue weighted by Gasteiger charge is 2.38. The number of alkyl halides is 3. The Morgan fingerprint density at radius 3 is 2.39 bits per heavy atom. The predicted octanol–water partition coefficient (Wildman–Crippen LogP) is 4.63. The van der Waals surface area contributed by atoms with E-state index in [-0.39, 0.29) is 5.82 Å². The third kappa shape index (κ3) is 5.42. The van der Waals surface area contributed by atoms with Crippen molar-refractivity contribution in [2.24, 2.45) is 11.8 Å². The number of aliphatic carboxylic acids is 1. The predicted molar refractivity (Wildman–Crippen MR) is 114 cm³/mol. The molecule has 2 aliphatic heterocycles. The maximum atomic E-state index is 13.4. The number of nitrogens with zero attached hydrogens (tertiary/aromatic N) is 3. The van der Waals surface area contributed by atoms with E-state index in [9.17, 15) is 17.6 Å². The Balaban J connectivity index is 0.000000325. The van der Waals surface area contributed by atoms with Crippen molar-refractivity contribution >= 4 is 5.97 Å². The van der Waals surface area contributed by atoms with E-state index in [1.807, 2.05) is 18.3 Å². The Labute approximate surface area is 188 Å². The minimum Gasteiger partial charge on any atom is -0.475 e. The highest BCUT2D eigenvalue weighted by Crippen LogP contribution is 2.35. The Morgan fingerprint density at radius 2 is 1.73 bits per heavy atom. The van der Waals surface area contributed by atoms with E-state index in [0.29, 0.717) is 11.8 Å². The van der Waals surface area contributed by atoms with Gasteiger partial charge in [0.05, 0.1) is 11.9 Å². The zero-order valence-corrected chi connectivity index (χ0v) is 17.7. The molecule has 0 amide bonds. The zero-order valence-electron chi connectivity index (χ0n) is 17.7. The van der Waals surface area contributed by atoms with Gasteiger partial charge in [-0.25, -0.2) is 14.2 Å². The zero-order chi connectivity index (χ0) is 23.6. The molecule has 33 heavy (non-hydrogen) atoms. The van der Waals surface area contributed by atoms with Crippen molar-refractivity contribution in [2.75, 3.05) is 13.1 Å². The lowest BCUT2D eigenvalue weighted by molar-refractivity contribution is -0.192. The summed E-state index contributed by atoms with van der Waals surface area (Å²) in [7, 11) is 0. The molecule has 2 unspecified atom stereocenters. The standard InChI is InChI=1S/C22H22FN3.C2HF3O2/c23-20-8-4-5-16(9-20)12-25-13-18-10-22-24-11-21(17-6-2-1-3-7-17)26(22)15-19(18)14-25;3-2(4,5)1(6)7/h1-9,11,18-19H,10,12-15H2;(H,6,7). The molecule has 3 heterocycles. The molecular weight excluding hydrogens is 438 g/mol. The van der Waals surface area contributed by atoms with Crippen LogP contribution in [0.25, 0.3) is 11.3 Å². The van der Waals surface area contributed by atoms with E-state index in [1.54, 1.807) is 12.1 Å². The molecule has 1 N–H and O–H groups in total. The average molecular weight is 461 g/mol. The van der Waals surface area contributed by atoms with E-state index < -0.39 is 12.1 Å². The van der Waals surface area contributed by atoms with Gasteiger partial charge >= 0.3 is 12.1 Å².